The Kier molecular flexibility index (Phi) is 6.41. The number of piperazine rings is 1. The average Bonchev–Trinajstić information content (AvgIpc) is 2.72. The Labute approximate surface area is 167 Å². The number of anilines is 1. The summed E-state index contributed by atoms with van der Waals surface area (Å²) in [7, 11) is 7.29. The van der Waals surface area contributed by atoms with Crippen LogP contribution in [-0.2, 0) is 6.54 Å². The number of nitrogens with zero attached hydrogens (tertiary/aromatic N) is 3. The third-order valence-electron chi connectivity index (χ3n) is 4.98. The quantitative estimate of drug-likeness (QED) is 0.768. The lowest BCUT2D eigenvalue weighted by molar-refractivity contribution is 0.0740. The van der Waals surface area contributed by atoms with Gasteiger partial charge in [-0.3, -0.25) is 4.79 Å². The van der Waals surface area contributed by atoms with Crippen LogP contribution in [0.2, 0.25) is 0 Å². The van der Waals surface area contributed by atoms with Gasteiger partial charge in [0.15, 0.2) is 0 Å². The standard InChI is InChI=1S/C22H29N3O3/c1-23(2)16-17-7-5-8-18(15-17)24-11-13-25(14-12-24)22(26)21-19(27-3)9-6-10-20(21)28-4/h5-10,15H,11-14,16H2,1-4H3. The van der Waals surface area contributed by atoms with Gasteiger partial charge in [-0.2, -0.15) is 0 Å². The van der Waals surface area contributed by atoms with Crippen LogP contribution in [0, 0.1) is 0 Å². The number of benzene rings is 2. The highest BCUT2D eigenvalue weighted by Gasteiger charge is 2.27. The Morgan fingerprint density at radius 3 is 2.14 bits per heavy atom. The molecule has 1 aliphatic heterocycles. The number of ether oxygens (including phenoxy) is 2. The maximum atomic E-state index is 13.1. The summed E-state index contributed by atoms with van der Waals surface area (Å²) in [5.74, 6) is 1.04. The van der Waals surface area contributed by atoms with Crippen LogP contribution in [0.1, 0.15) is 15.9 Å². The smallest absolute Gasteiger partial charge is 0.261 e. The van der Waals surface area contributed by atoms with E-state index in [0.717, 1.165) is 19.6 Å². The molecule has 2 aromatic rings. The topological polar surface area (TPSA) is 45.3 Å². The minimum Gasteiger partial charge on any atom is -0.496 e. The summed E-state index contributed by atoms with van der Waals surface area (Å²) in [5, 5.41) is 0. The van der Waals surface area contributed by atoms with E-state index in [-0.39, 0.29) is 5.91 Å². The molecule has 0 radical (unpaired) electrons. The van der Waals surface area contributed by atoms with Gasteiger partial charge in [0.2, 0.25) is 0 Å². The summed E-state index contributed by atoms with van der Waals surface area (Å²) in [6.07, 6.45) is 0. The molecule has 0 spiro atoms. The van der Waals surface area contributed by atoms with Crippen LogP contribution in [0.25, 0.3) is 0 Å². The number of carbonyl (C=O) groups is 1. The number of hydrogen-bond donors (Lipinski definition) is 0. The van der Waals surface area contributed by atoms with Crippen molar-refractivity contribution < 1.29 is 14.3 Å². The van der Waals surface area contributed by atoms with Crippen LogP contribution < -0.4 is 14.4 Å². The molecule has 2 aromatic carbocycles. The van der Waals surface area contributed by atoms with Crippen LogP contribution in [0.3, 0.4) is 0 Å². The van der Waals surface area contributed by atoms with Crippen molar-refractivity contribution in [3.05, 3.63) is 53.6 Å². The molecule has 28 heavy (non-hydrogen) atoms. The van der Waals surface area contributed by atoms with Gasteiger partial charge in [0.05, 0.1) is 14.2 Å². The lowest BCUT2D eigenvalue weighted by Crippen LogP contribution is -2.49. The van der Waals surface area contributed by atoms with Gasteiger partial charge in [-0.05, 0) is 43.9 Å². The van der Waals surface area contributed by atoms with Crippen molar-refractivity contribution in [1.29, 1.82) is 0 Å². The Bertz CT molecular complexity index is 792. The molecule has 3 rings (SSSR count). The first-order chi connectivity index (χ1) is 13.5. The van der Waals surface area contributed by atoms with Crippen molar-refractivity contribution in [2.45, 2.75) is 6.54 Å². The molecule has 1 heterocycles. The van der Waals surface area contributed by atoms with E-state index in [9.17, 15) is 4.79 Å². The second kappa shape index (κ2) is 8.97. The summed E-state index contributed by atoms with van der Waals surface area (Å²) < 4.78 is 10.8. The minimum absolute atomic E-state index is 0.0460. The lowest BCUT2D eigenvalue weighted by Gasteiger charge is -2.36. The fraction of sp³-hybridized carbons (Fsp3) is 0.409. The predicted octanol–water partition coefficient (Wildman–Crippen LogP) is 2.73. The molecule has 0 N–H and O–H groups in total. The number of rotatable bonds is 6. The van der Waals surface area contributed by atoms with E-state index in [1.54, 1.807) is 26.4 Å². The van der Waals surface area contributed by atoms with Gasteiger partial charge >= 0.3 is 0 Å². The van der Waals surface area contributed by atoms with E-state index in [0.29, 0.717) is 30.2 Å². The SMILES string of the molecule is COc1cccc(OC)c1C(=O)N1CCN(c2cccc(CN(C)C)c2)CC1. The van der Waals surface area contributed by atoms with Gasteiger partial charge in [-0.1, -0.05) is 18.2 Å². The molecule has 0 saturated carbocycles. The molecular formula is C22H29N3O3. The van der Waals surface area contributed by atoms with Crippen molar-refractivity contribution in [3.8, 4) is 11.5 Å². The number of carbonyl (C=O) groups excluding carboxylic acids is 1. The molecule has 0 atom stereocenters. The normalized spacial score (nSPS) is 14.3. The maximum absolute atomic E-state index is 13.1. The van der Waals surface area contributed by atoms with E-state index in [1.165, 1.54) is 11.3 Å². The van der Waals surface area contributed by atoms with Crippen molar-refractivity contribution in [3.63, 3.8) is 0 Å². The fourth-order valence-corrected chi connectivity index (χ4v) is 3.60. The third-order valence-corrected chi connectivity index (χ3v) is 4.98. The number of methoxy groups -OCH3 is 2. The highest BCUT2D eigenvalue weighted by molar-refractivity contribution is 5.99. The summed E-state index contributed by atoms with van der Waals surface area (Å²) >= 11 is 0. The fourth-order valence-electron chi connectivity index (χ4n) is 3.60. The van der Waals surface area contributed by atoms with Gasteiger partial charge in [-0.25, -0.2) is 0 Å². The molecule has 150 valence electrons. The van der Waals surface area contributed by atoms with Crippen molar-refractivity contribution >= 4 is 11.6 Å². The van der Waals surface area contributed by atoms with Crippen LogP contribution in [-0.4, -0.2) is 70.2 Å². The first-order valence-corrected chi connectivity index (χ1v) is 9.52. The van der Waals surface area contributed by atoms with E-state index < -0.39 is 0 Å². The largest absolute Gasteiger partial charge is 0.496 e. The third kappa shape index (κ3) is 4.39. The number of amides is 1. The molecule has 1 aliphatic rings. The highest BCUT2D eigenvalue weighted by atomic mass is 16.5. The second-order valence-electron chi connectivity index (χ2n) is 7.22. The first kappa shape index (κ1) is 20.0. The average molecular weight is 383 g/mol. The van der Waals surface area contributed by atoms with Crippen molar-refractivity contribution in [2.75, 3.05) is 59.4 Å². The molecule has 1 fully saturated rings. The number of hydrogen-bond acceptors (Lipinski definition) is 5. The van der Waals surface area contributed by atoms with Crippen molar-refractivity contribution in [1.82, 2.24) is 9.80 Å². The van der Waals surface area contributed by atoms with Gasteiger partial charge in [0.25, 0.3) is 5.91 Å². The summed E-state index contributed by atoms with van der Waals surface area (Å²) in [4.78, 5) is 19.5. The molecule has 1 saturated heterocycles. The maximum Gasteiger partial charge on any atom is 0.261 e. The second-order valence-corrected chi connectivity index (χ2v) is 7.22. The predicted molar refractivity (Wildman–Crippen MR) is 111 cm³/mol. The Hall–Kier alpha value is -2.73. The van der Waals surface area contributed by atoms with Crippen LogP contribution in [0.15, 0.2) is 42.5 Å². The molecule has 1 amide bonds. The van der Waals surface area contributed by atoms with Gasteiger partial charge in [0, 0.05) is 38.4 Å². The zero-order valence-electron chi connectivity index (χ0n) is 17.1. The minimum atomic E-state index is -0.0460. The van der Waals surface area contributed by atoms with E-state index >= 15 is 0 Å². The van der Waals surface area contributed by atoms with Gasteiger partial charge in [0.1, 0.15) is 17.1 Å². The molecule has 6 nitrogen and oxygen atoms in total. The van der Waals surface area contributed by atoms with E-state index in [4.69, 9.17) is 9.47 Å². The molecule has 0 aliphatic carbocycles. The monoisotopic (exact) mass is 383 g/mol. The van der Waals surface area contributed by atoms with Crippen LogP contribution in [0.5, 0.6) is 11.5 Å². The summed E-state index contributed by atoms with van der Waals surface area (Å²) in [6, 6.07) is 14.0. The molecule has 0 unspecified atom stereocenters. The molecule has 0 bridgehead atoms. The van der Waals surface area contributed by atoms with Crippen LogP contribution >= 0.6 is 0 Å². The van der Waals surface area contributed by atoms with E-state index in [1.807, 2.05) is 11.0 Å². The lowest BCUT2D eigenvalue weighted by atomic mass is 10.1. The summed E-state index contributed by atoms with van der Waals surface area (Å²) in [5.41, 5.74) is 3.00. The van der Waals surface area contributed by atoms with E-state index in [2.05, 4.69) is 48.2 Å². The first-order valence-electron chi connectivity index (χ1n) is 9.52. The zero-order valence-corrected chi connectivity index (χ0v) is 17.1. The molecular weight excluding hydrogens is 354 g/mol. The Morgan fingerprint density at radius 1 is 0.964 bits per heavy atom. The summed E-state index contributed by atoms with van der Waals surface area (Å²) in [6.45, 7) is 3.85. The Morgan fingerprint density at radius 2 is 1.57 bits per heavy atom. The van der Waals surface area contributed by atoms with Gasteiger partial charge in [-0.15, -0.1) is 0 Å². The molecule has 0 aromatic heterocycles. The Balaban J connectivity index is 1.70. The zero-order chi connectivity index (χ0) is 20.1. The molecule has 6 heteroatoms. The van der Waals surface area contributed by atoms with Gasteiger partial charge < -0.3 is 24.2 Å². The van der Waals surface area contributed by atoms with Crippen molar-refractivity contribution in [2.24, 2.45) is 0 Å². The highest BCUT2D eigenvalue weighted by Crippen LogP contribution is 2.30. The van der Waals surface area contributed by atoms with Crippen LogP contribution in [0.4, 0.5) is 5.69 Å².